The number of carbonyl (C=O) groups excluding carboxylic acids is 1. The van der Waals surface area contributed by atoms with Gasteiger partial charge in [-0.05, 0) is 19.4 Å². The summed E-state index contributed by atoms with van der Waals surface area (Å²) in [7, 11) is 0. The summed E-state index contributed by atoms with van der Waals surface area (Å²) < 4.78 is 0. The second-order valence-electron chi connectivity index (χ2n) is 3.77. The lowest BCUT2D eigenvalue weighted by molar-refractivity contribution is 0.103. The van der Waals surface area contributed by atoms with E-state index in [4.69, 9.17) is 0 Å². The Balaban J connectivity index is 2.42. The van der Waals surface area contributed by atoms with Gasteiger partial charge in [0.1, 0.15) is 6.33 Å². The fourth-order valence-corrected chi connectivity index (χ4v) is 1.64. The van der Waals surface area contributed by atoms with Crippen molar-refractivity contribution in [1.82, 2.24) is 9.97 Å². The van der Waals surface area contributed by atoms with Crippen LogP contribution in [0.5, 0.6) is 0 Å². The molecule has 0 amide bonds. The molecule has 1 aromatic carbocycles. The van der Waals surface area contributed by atoms with Gasteiger partial charge in [0.15, 0.2) is 5.78 Å². The fraction of sp³-hybridized carbons (Fsp3) is 0.154. The van der Waals surface area contributed by atoms with Gasteiger partial charge in [0.2, 0.25) is 0 Å². The van der Waals surface area contributed by atoms with E-state index >= 15 is 0 Å². The van der Waals surface area contributed by atoms with Crippen LogP contribution in [0.25, 0.3) is 0 Å². The number of rotatable bonds is 2. The molecular weight excluding hydrogens is 200 g/mol. The quantitative estimate of drug-likeness (QED) is 0.717. The molecule has 0 spiro atoms. The molecule has 3 nitrogen and oxygen atoms in total. The molecule has 0 atom stereocenters. The molecule has 0 aliphatic rings. The minimum Gasteiger partial charge on any atom is -0.288 e. The predicted molar refractivity (Wildman–Crippen MR) is 61.4 cm³/mol. The van der Waals surface area contributed by atoms with Crippen LogP contribution in [0, 0.1) is 13.8 Å². The van der Waals surface area contributed by atoms with E-state index in [1.165, 1.54) is 18.7 Å². The van der Waals surface area contributed by atoms with Gasteiger partial charge in [0, 0.05) is 18.0 Å². The van der Waals surface area contributed by atoms with Gasteiger partial charge in [0.05, 0.1) is 5.56 Å². The van der Waals surface area contributed by atoms with Crippen LogP contribution in [0.3, 0.4) is 0 Å². The van der Waals surface area contributed by atoms with Crippen LogP contribution in [0.4, 0.5) is 0 Å². The van der Waals surface area contributed by atoms with Gasteiger partial charge >= 0.3 is 0 Å². The highest BCUT2D eigenvalue weighted by atomic mass is 16.1. The Labute approximate surface area is 94.2 Å². The largest absolute Gasteiger partial charge is 0.288 e. The van der Waals surface area contributed by atoms with Crippen LogP contribution in [-0.4, -0.2) is 15.8 Å². The van der Waals surface area contributed by atoms with E-state index in [0.29, 0.717) is 11.1 Å². The van der Waals surface area contributed by atoms with Gasteiger partial charge in [-0.15, -0.1) is 0 Å². The molecular formula is C13H12N2O. The van der Waals surface area contributed by atoms with Gasteiger partial charge < -0.3 is 0 Å². The highest BCUT2D eigenvalue weighted by Crippen LogP contribution is 2.14. The second-order valence-corrected chi connectivity index (χ2v) is 3.77. The van der Waals surface area contributed by atoms with E-state index in [9.17, 15) is 4.79 Å². The average Bonchev–Trinajstić information content (AvgIpc) is 2.29. The van der Waals surface area contributed by atoms with Crippen molar-refractivity contribution in [3.63, 3.8) is 0 Å². The zero-order chi connectivity index (χ0) is 11.5. The minimum absolute atomic E-state index is 0.0295. The first kappa shape index (κ1) is 10.5. The molecule has 0 bridgehead atoms. The Morgan fingerprint density at radius 2 is 1.81 bits per heavy atom. The Morgan fingerprint density at radius 1 is 1.12 bits per heavy atom. The summed E-state index contributed by atoms with van der Waals surface area (Å²) in [4.78, 5) is 19.8. The molecule has 0 fully saturated rings. The molecule has 2 aromatic rings. The van der Waals surface area contributed by atoms with E-state index in [-0.39, 0.29) is 5.78 Å². The molecule has 1 heterocycles. The molecule has 0 saturated carbocycles. The normalized spacial score (nSPS) is 10.1. The summed E-state index contributed by atoms with van der Waals surface area (Å²) in [5.74, 6) is -0.0295. The van der Waals surface area contributed by atoms with Crippen molar-refractivity contribution < 1.29 is 4.79 Å². The number of benzene rings is 1. The number of aromatic nitrogens is 2. The van der Waals surface area contributed by atoms with Crippen LogP contribution >= 0.6 is 0 Å². The van der Waals surface area contributed by atoms with Crippen LogP contribution in [0.15, 0.2) is 36.9 Å². The summed E-state index contributed by atoms with van der Waals surface area (Å²) in [6, 6.07) is 5.78. The zero-order valence-electron chi connectivity index (χ0n) is 9.27. The number of carbonyl (C=O) groups is 1. The highest BCUT2D eigenvalue weighted by molar-refractivity contribution is 6.09. The predicted octanol–water partition coefficient (Wildman–Crippen LogP) is 2.32. The third-order valence-corrected chi connectivity index (χ3v) is 2.45. The Bertz CT molecular complexity index is 521. The third-order valence-electron chi connectivity index (χ3n) is 2.45. The van der Waals surface area contributed by atoms with Crippen LogP contribution in [-0.2, 0) is 0 Å². The summed E-state index contributed by atoms with van der Waals surface area (Å²) in [6.07, 6.45) is 4.49. The second kappa shape index (κ2) is 4.23. The summed E-state index contributed by atoms with van der Waals surface area (Å²) >= 11 is 0. The van der Waals surface area contributed by atoms with Crippen molar-refractivity contribution in [3.8, 4) is 0 Å². The Kier molecular flexibility index (Phi) is 2.77. The monoisotopic (exact) mass is 212 g/mol. The topological polar surface area (TPSA) is 42.9 Å². The van der Waals surface area contributed by atoms with E-state index < -0.39 is 0 Å². The highest BCUT2D eigenvalue weighted by Gasteiger charge is 2.11. The lowest BCUT2D eigenvalue weighted by Gasteiger charge is -2.05. The first-order valence-electron chi connectivity index (χ1n) is 5.05. The lowest BCUT2D eigenvalue weighted by Crippen LogP contribution is -2.04. The molecule has 1 aromatic heterocycles. The van der Waals surface area contributed by atoms with Crippen LogP contribution in [0.1, 0.15) is 27.0 Å². The maximum atomic E-state index is 12.1. The molecule has 3 heteroatoms. The average molecular weight is 212 g/mol. The van der Waals surface area contributed by atoms with Gasteiger partial charge in [-0.2, -0.15) is 0 Å². The molecule has 0 aliphatic heterocycles. The van der Waals surface area contributed by atoms with E-state index in [0.717, 1.165) is 11.1 Å². The zero-order valence-corrected chi connectivity index (χ0v) is 9.27. The SMILES string of the molecule is Cc1ccc(C(=O)c2cncnc2)c(C)c1. The Hall–Kier alpha value is -2.03. The molecule has 2 rings (SSSR count). The standard InChI is InChI=1S/C13H12N2O/c1-9-3-4-12(10(2)5-9)13(16)11-6-14-8-15-7-11/h3-8H,1-2H3. The molecule has 0 saturated heterocycles. The first-order chi connectivity index (χ1) is 7.68. The van der Waals surface area contributed by atoms with Gasteiger partial charge in [-0.1, -0.05) is 23.8 Å². The fourth-order valence-electron chi connectivity index (χ4n) is 1.64. The molecule has 16 heavy (non-hydrogen) atoms. The molecule has 0 aliphatic carbocycles. The van der Waals surface area contributed by atoms with E-state index in [2.05, 4.69) is 9.97 Å². The number of aryl methyl sites for hydroxylation is 2. The van der Waals surface area contributed by atoms with Crippen LogP contribution < -0.4 is 0 Å². The molecule has 0 N–H and O–H groups in total. The van der Waals surface area contributed by atoms with Gasteiger partial charge in [0.25, 0.3) is 0 Å². The van der Waals surface area contributed by atoms with Gasteiger partial charge in [-0.3, -0.25) is 4.79 Å². The van der Waals surface area contributed by atoms with Crippen molar-refractivity contribution in [1.29, 1.82) is 0 Å². The van der Waals surface area contributed by atoms with Gasteiger partial charge in [-0.25, -0.2) is 9.97 Å². The summed E-state index contributed by atoms with van der Waals surface area (Å²) in [6.45, 7) is 3.94. The van der Waals surface area contributed by atoms with E-state index in [1.54, 1.807) is 0 Å². The number of nitrogens with zero attached hydrogens (tertiary/aromatic N) is 2. The van der Waals surface area contributed by atoms with Crippen molar-refractivity contribution >= 4 is 5.78 Å². The number of hydrogen-bond donors (Lipinski definition) is 0. The number of hydrogen-bond acceptors (Lipinski definition) is 3. The van der Waals surface area contributed by atoms with Crippen molar-refractivity contribution in [2.45, 2.75) is 13.8 Å². The minimum atomic E-state index is -0.0295. The maximum absolute atomic E-state index is 12.1. The molecule has 0 unspecified atom stereocenters. The maximum Gasteiger partial charge on any atom is 0.196 e. The summed E-state index contributed by atoms with van der Waals surface area (Å²) in [5.41, 5.74) is 3.36. The molecule has 80 valence electrons. The smallest absolute Gasteiger partial charge is 0.196 e. The van der Waals surface area contributed by atoms with Crippen molar-refractivity contribution in [3.05, 3.63) is 59.2 Å². The molecule has 0 radical (unpaired) electrons. The number of ketones is 1. The van der Waals surface area contributed by atoms with Crippen LogP contribution in [0.2, 0.25) is 0 Å². The van der Waals surface area contributed by atoms with E-state index in [1.807, 2.05) is 32.0 Å². The summed E-state index contributed by atoms with van der Waals surface area (Å²) in [5, 5.41) is 0. The van der Waals surface area contributed by atoms with Crippen molar-refractivity contribution in [2.24, 2.45) is 0 Å². The lowest BCUT2D eigenvalue weighted by atomic mass is 9.99. The first-order valence-corrected chi connectivity index (χ1v) is 5.05. The Morgan fingerprint density at radius 3 is 2.44 bits per heavy atom. The third kappa shape index (κ3) is 1.98. The van der Waals surface area contributed by atoms with Crippen molar-refractivity contribution in [2.75, 3.05) is 0 Å².